The second kappa shape index (κ2) is 5.99. The van der Waals surface area contributed by atoms with Crippen LogP contribution in [0.1, 0.15) is 37.7 Å². The van der Waals surface area contributed by atoms with Gasteiger partial charge in [0, 0.05) is 6.54 Å². The zero-order valence-corrected chi connectivity index (χ0v) is 12.5. The number of nitrogens with zero attached hydrogens (tertiary/aromatic N) is 1. The molecule has 1 aromatic rings. The molecule has 1 aliphatic carbocycles. The molecule has 1 heterocycles. The van der Waals surface area contributed by atoms with Crippen LogP contribution in [-0.2, 0) is 16.1 Å². The zero-order chi connectivity index (χ0) is 15.6. The molecule has 1 unspecified atom stereocenters. The molecule has 0 radical (unpaired) electrons. The maximum Gasteiger partial charge on any atom is 0.410 e. The summed E-state index contributed by atoms with van der Waals surface area (Å²) in [6.45, 7) is 0.688. The standard InChI is InChI=1S/C17H21NO4/c19-15(20)14-7-10-17(8-4-9-17)12-18(14)16(21)22-11-13-5-2-1-3-6-13/h1-3,5-6,14H,4,7-12H2,(H,19,20). The molecule has 0 aromatic heterocycles. The number of aliphatic carboxylic acids is 1. The second-order valence-electron chi connectivity index (χ2n) is 6.41. The van der Waals surface area contributed by atoms with Crippen molar-refractivity contribution in [3.8, 4) is 0 Å². The molecule has 2 fully saturated rings. The summed E-state index contributed by atoms with van der Waals surface area (Å²) < 4.78 is 5.33. The van der Waals surface area contributed by atoms with Crippen LogP contribution in [0.5, 0.6) is 0 Å². The van der Waals surface area contributed by atoms with Crippen molar-refractivity contribution in [3.05, 3.63) is 35.9 Å². The molecule has 2 aliphatic rings. The van der Waals surface area contributed by atoms with Crippen molar-refractivity contribution in [1.29, 1.82) is 0 Å². The first-order valence-corrected chi connectivity index (χ1v) is 7.80. The monoisotopic (exact) mass is 303 g/mol. The van der Waals surface area contributed by atoms with Gasteiger partial charge in [-0.15, -0.1) is 0 Å². The van der Waals surface area contributed by atoms with Gasteiger partial charge in [0.15, 0.2) is 0 Å². The summed E-state index contributed by atoms with van der Waals surface area (Å²) in [5.74, 6) is -0.939. The molecule has 1 amide bonds. The van der Waals surface area contributed by atoms with Gasteiger partial charge in [-0.3, -0.25) is 4.90 Å². The van der Waals surface area contributed by atoms with Crippen molar-refractivity contribution in [2.24, 2.45) is 5.41 Å². The number of carboxylic acid groups (broad SMARTS) is 1. The van der Waals surface area contributed by atoms with Crippen LogP contribution >= 0.6 is 0 Å². The van der Waals surface area contributed by atoms with Crippen LogP contribution in [0.15, 0.2) is 30.3 Å². The van der Waals surface area contributed by atoms with E-state index in [9.17, 15) is 14.7 Å². The Balaban J connectivity index is 1.65. The van der Waals surface area contributed by atoms with Crippen molar-refractivity contribution in [2.45, 2.75) is 44.8 Å². The minimum absolute atomic E-state index is 0.137. The lowest BCUT2D eigenvalue weighted by atomic mass is 9.63. The molecule has 22 heavy (non-hydrogen) atoms. The molecule has 0 bridgehead atoms. The summed E-state index contributed by atoms with van der Waals surface area (Å²) in [4.78, 5) is 25.2. The van der Waals surface area contributed by atoms with Crippen molar-refractivity contribution in [3.63, 3.8) is 0 Å². The highest BCUT2D eigenvalue weighted by molar-refractivity contribution is 5.80. The van der Waals surface area contributed by atoms with Gasteiger partial charge in [0.2, 0.25) is 0 Å². The predicted molar refractivity (Wildman–Crippen MR) is 80.3 cm³/mol. The number of carbonyl (C=O) groups excluding carboxylic acids is 1. The van der Waals surface area contributed by atoms with E-state index in [1.807, 2.05) is 30.3 Å². The van der Waals surface area contributed by atoms with E-state index < -0.39 is 18.1 Å². The molecule has 5 heteroatoms. The van der Waals surface area contributed by atoms with Crippen LogP contribution in [-0.4, -0.2) is 34.7 Å². The van der Waals surface area contributed by atoms with Crippen molar-refractivity contribution < 1.29 is 19.4 Å². The third-order valence-corrected chi connectivity index (χ3v) is 4.97. The van der Waals surface area contributed by atoms with Gasteiger partial charge in [0.1, 0.15) is 12.6 Å². The topological polar surface area (TPSA) is 66.8 Å². The quantitative estimate of drug-likeness (QED) is 0.932. The Labute approximate surface area is 129 Å². The zero-order valence-electron chi connectivity index (χ0n) is 12.5. The molecule has 1 N–H and O–H groups in total. The number of carbonyl (C=O) groups is 2. The Kier molecular flexibility index (Phi) is 4.05. The second-order valence-corrected chi connectivity index (χ2v) is 6.41. The first-order chi connectivity index (χ1) is 10.6. The number of rotatable bonds is 3. The molecule has 5 nitrogen and oxygen atoms in total. The number of benzene rings is 1. The maximum absolute atomic E-state index is 12.4. The van der Waals surface area contributed by atoms with Crippen molar-refractivity contribution >= 4 is 12.1 Å². The van der Waals surface area contributed by atoms with Crippen LogP contribution < -0.4 is 0 Å². The fourth-order valence-electron chi connectivity index (χ4n) is 3.49. The third kappa shape index (κ3) is 2.93. The van der Waals surface area contributed by atoms with Gasteiger partial charge in [-0.05, 0) is 36.7 Å². The van der Waals surface area contributed by atoms with E-state index in [1.165, 1.54) is 11.3 Å². The van der Waals surface area contributed by atoms with E-state index >= 15 is 0 Å². The van der Waals surface area contributed by atoms with Crippen LogP contribution in [0, 0.1) is 5.41 Å². The van der Waals surface area contributed by atoms with Crippen LogP contribution in [0.4, 0.5) is 4.79 Å². The summed E-state index contributed by atoms with van der Waals surface area (Å²) in [5.41, 5.74) is 1.04. The molecular formula is C17H21NO4. The van der Waals surface area contributed by atoms with Crippen LogP contribution in [0.2, 0.25) is 0 Å². The molecular weight excluding hydrogens is 282 g/mol. The molecule has 1 aliphatic heterocycles. The predicted octanol–water partition coefficient (Wildman–Crippen LogP) is 3.04. The van der Waals surface area contributed by atoms with Gasteiger partial charge in [0.05, 0.1) is 0 Å². The van der Waals surface area contributed by atoms with Crippen LogP contribution in [0.25, 0.3) is 0 Å². The Morgan fingerprint density at radius 1 is 1.23 bits per heavy atom. The van der Waals surface area contributed by atoms with E-state index in [0.717, 1.165) is 24.8 Å². The van der Waals surface area contributed by atoms with Gasteiger partial charge >= 0.3 is 12.1 Å². The number of hydrogen-bond donors (Lipinski definition) is 1. The average Bonchev–Trinajstić information content (AvgIpc) is 2.51. The minimum atomic E-state index is -0.939. The highest BCUT2D eigenvalue weighted by Gasteiger charge is 2.47. The number of hydrogen-bond acceptors (Lipinski definition) is 3. The van der Waals surface area contributed by atoms with Gasteiger partial charge < -0.3 is 9.84 Å². The fourth-order valence-corrected chi connectivity index (χ4v) is 3.49. The first-order valence-electron chi connectivity index (χ1n) is 7.80. The SMILES string of the molecule is O=C(O)C1CCC2(CCC2)CN1C(=O)OCc1ccccc1. The van der Waals surface area contributed by atoms with Crippen molar-refractivity contribution in [2.75, 3.05) is 6.54 Å². The summed E-state index contributed by atoms with van der Waals surface area (Å²) >= 11 is 0. The molecule has 1 saturated heterocycles. The number of likely N-dealkylation sites (tertiary alicyclic amines) is 1. The smallest absolute Gasteiger partial charge is 0.410 e. The number of ether oxygens (including phenoxy) is 1. The van der Waals surface area contributed by atoms with Gasteiger partial charge in [-0.25, -0.2) is 9.59 Å². The summed E-state index contributed by atoms with van der Waals surface area (Å²) in [7, 11) is 0. The molecule has 118 valence electrons. The fraction of sp³-hybridized carbons (Fsp3) is 0.529. The minimum Gasteiger partial charge on any atom is -0.480 e. The summed E-state index contributed by atoms with van der Waals surface area (Å²) in [6, 6.07) is 8.67. The van der Waals surface area contributed by atoms with Gasteiger partial charge in [-0.2, -0.15) is 0 Å². The maximum atomic E-state index is 12.4. The number of piperidine rings is 1. The number of carboxylic acids is 1. The van der Waals surface area contributed by atoms with E-state index in [2.05, 4.69) is 0 Å². The third-order valence-electron chi connectivity index (χ3n) is 4.97. The molecule has 1 spiro atoms. The number of amides is 1. The van der Waals surface area contributed by atoms with E-state index in [1.54, 1.807) is 0 Å². The Hall–Kier alpha value is -2.04. The lowest BCUT2D eigenvalue weighted by Crippen LogP contribution is -2.56. The normalized spacial score (nSPS) is 22.9. The molecule has 3 rings (SSSR count). The van der Waals surface area contributed by atoms with Crippen molar-refractivity contribution in [1.82, 2.24) is 4.90 Å². The lowest BCUT2D eigenvalue weighted by molar-refractivity contribution is -0.146. The van der Waals surface area contributed by atoms with Gasteiger partial charge in [0.25, 0.3) is 0 Å². The Morgan fingerprint density at radius 2 is 1.95 bits per heavy atom. The highest BCUT2D eigenvalue weighted by atomic mass is 16.6. The summed E-state index contributed by atoms with van der Waals surface area (Å²) in [5, 5.41) is 9.35. The van der Waals surface area contributed by atoms with E-state index in [-0.39, 0.29) is 12.0 Å². The van der Waals surface area contributed by atoms with Crippen LogP contribution in [0.3, 0.4) is 0 Å². The molecule has 1 atom stereocenters. The van der Waals surface area contributed by atoms with E-state index in [4.69, 9.17) is 4.74 Å². The summed E-state index contributed by atoms with van der Waals surface area (Å²) in [6.07, 6.45) is 4.25. The van der Waals surface area contributed by atoms with Gasteiger partial charge in [-0.1, -0.05) is 36.8 Å². The van der Waals surface area contributed by atoms with E-state index in [0.29, 0.717) is 13.0 Å². The first kappa shape index (κ1) is 14.9. The largest absolute Gasteiger partial charge is 0.480 e. The average molecular weight is 303 g/mol. The Bertz CT molecular complexity index is 553. The molecule has 1 aromatic carbocycles. The molecule has 1 saturated carbocycles. The Morgan fingerprint density at radius 3 is 2.55 bits per heavy atom. The lowest BCUT2D eigenvalue weighted by Gasteiger charge is -2.50. The highest BCUT2D eigenvalue weighted by Crippen LogP contribution is 2.48.